The predicted octanol–water partition coefficient (Wildman–Crippen LogP) is 6.08. The van der Waals surface area contributed by atoms with E-state index in [1.807, 2.05) is 43.3 Å². The van der Waals surface area contributed by atoms with Crippen molar-refractivity contribution in [3.8, 4) is 5.75 Å². The maximum atomic E-state index is 13.7. The molecule has 33 heavy (non-hydrogen) atoms. The fourth-order valence-electron chi connectivity index (χ4n) is 4.71. The molecule has 1 aromatic heterocycles. The Labute approximate surface area is 191 Å². The van der Waals surface area contributed by atoms with Crippen molar-refractivity contribution in [2.45, 2.75) is 30.2 Å². The molecule has 8 heteroatoms. The summed E-state index contributed by atoms with van der Waals surface area (Å²) in [6, 6.07) is 19.9. The van der Waals surface area contributed by atoms with Crippen molar-refractivity contribution in [2.75, 3.05) is 7.11 Å². The van der Waals surface area contributed by atoms with Gasteiger partial charge in [-0.15, -0.1) is 0 Å². The van der Waals surface area contributed by atoms with Crippen molar-refractivity contribution >= 4 is 20.9 Å². The van der Waals surface area contributed by atoms with Gasteiger partial charge in [-0.25, -0.2) is 12.4 Å². The Hall–Kier alpha value is -3.74. The maximum Gasteiger partial charge on any atom is 0.268 e. The number of hydrogen-bond acceptors (Lipinski definition) is 4. The summed E-state index contributed by atoms with van der Waals surface area (Å²) < 4.78 is 34.0. The molecule has 0 saturated carbocycles. The molecule has 0 spiro atoms. The highest BCUT2D eigenvalue weighted by atomic mass is 32.2. The van der Waals surface area contributed by atoms with Gasteiger partial charge in [0.05, 0.1) is 23.6 Å². The maximum absolute atomic E-state index is 13.7. The second-order valence-electron chi connectivity index (χ2n) is 8.22. The molecule has 1 heterocycles. The fourth-order valence-corrected chi connectivity index (χ4v) is 6.08. The van der Waals surface area contributed by atoms with Crippen LogP contribution in [0.2, 0.25) is 0 Å². The van der Waals surface area contributed by atoms with Gasteiger partial charge >= 0.3 is 0 Å². The van der Waals surface area contributed by atoms with Gasteiger partial charge in [-0.3, -0.25) is 0 Å². The molecule has 0 aliphatic heterocycles. The summed E-state index contributed by atoms with van der Waals surface area (Å²) in [6.45, 7) is 1.92. The molecule has 4 aromatic rings. The Kier molecular flexibility index (Phi) is 5.12. The van der Waals surface area contributed by atoms with E-state index < -0.39 is 10.0 Å². The molecule has 1 aliphatic rings. The molecular weight excluding hydrogens is 436 g/mol. The summed E-state index contributed by atoms with van der Waals surface area (Å²) in [5.41, 5.74) is 13.5. The van der Waals surface area contributed by atoms with Crippen LogP contribution in [0.3, 0.4) is 0 Å². The lowest BCUT2D eigenvalue weighted by molar-refractivity contribution is 0.415. The molecule has 7 nitrogen and oxygen atoms in total. The Morgan fingerprint density at radius 3 is 2.45 bits per heavy atom. The van der Waals surface area contributed by atoms with Crippen molar-refractivity contribution < 1.29 is 13.2 Å². The molecule has 0 radical (unpaired) electrons. The fraction of sp³-hybridized carbons (Fsp3) is 0.200. The number of aromatic nitrogens is 1. The Bertz CT molecular complexity index is 1520. The highest BCUT2D eigenvalue weighted by molar-refractivity contribution is 7.90. The molecular formula is C25H22N4O3S. The number of benzene rings is 3. The van der Waals surface area contributed by atoms with E-state index >= 15 is 0 Å². The van der Waals surface area contributed by atoms with E-state index in [0.29, 0.717) is 17.7 Å². The number of aryl methyl sites for hydroxylation is 1. The summed E-state index contributed by atoms with van der Waals surface area (Å²) in [5, 5.41) is 4.82. The zero-order valence-electron chi connectivity index (χ0n) is 18.2. The summed E-state index contributed by atoms with van der Waals surface area (Å²) in [5.74, 6) is 0.480. The summed E-state index contributed by atoms with van der Waals surface area (Å²) in [6.07, 6.45) is 2.29. The summed E-state index contributed by atoms with van der Waals surface area (Å²) >= 11 is 0. The van der Waals surface area contributed by atoms with E-state index in [1.165, 1.54) is 3.97 Å². The van der Waals surface area contributed by atoms with Crippen molar-refractivity contribution in [3.63, 3.8) is 0 Å². The van der Waals surface area contributed by atoms with Gasteiger partial charge in [-0.2, -0.15) is 0 Å². The Morgan fingerprint density at radius 2 is 1.76 bits per heavy atom. The van der Waals surface area contributed by atoms with Crippen LogP contribution in [0.1, 0.15) is 40.6 Å². The lowest BCUT2D eigenvalue weighted by Crippen LogP contribution is -2.12. The van der Waals surface area contributed by atoms with E-state index in [4.69, 9.17) is 10.3 Å². The van der Waals surface area contributed by atoms with Gasteiger partial charge in [0.15, 0.2) is 0 Å². The standard InChI is InChI=1S/C25H22N4O3S/c1-16-7-10-18(11-8-16)33(30,31)29-15-23(21-12-9-17(32-2)13-25(21)29)22-14-24(27-28-26)20-6-4-3-5-19(20)22/h3-13,15,22,24H,14H2,1-2H3/t22-,24-/m1/s1. The molecule has 0 unspecified atom stereocenters. The van der Waals surface area contributed by atoms with Crippen molar-refractivity contribution in [1.29, 1.82) is 0 Å². The molecule has 0 bridgehead atoms. The van der Waals surface area contributed by atoms with Crippen LogP contribution in [0.15, 0.2) is 82.9 Å². The van der Waals surface area contributed by atoms with Crippen LogP contribution in [0.5, 0.6) is 5.75 Å². The molecule has 2 atom stereocenters. The monoisotopic (exact) mass is 458 g/mol. The normalized spacial score (nSPS) is 17.5. The van der Waals surface area contributed by atoms with E-state index in [-0.39, 0.29) is 16.9 Å². The third kappa shape index (κ3) is 3.44. The number of methoxy groups -OCH3 is 1. The van der Waals surface area contributed by atoms with E-state index in [9.17, 15) is 8.42 Å². The first-order chi connectivity index (χ1) is 15.9. The van der Waals surface area contributed by atoms with Crippen LogP contribution >= 0.6 is 0 Å². The zero-order chi connectivity index (χ0) is 23.2. The number of fused-ring (bicyclic) bond motifs is 2. The third-order valence-corrected chi connectivity index (χ3v) is 8.03. The largest absolute Gasteiger partial charge is 0.497 e. The third-order valence-electron chi connectivity index (χ3n) is 6.34. The number of ether oxygens (including phenoxy) is 1. The van der Waals surface area contributed by atoms with Crippen molar-refractivity contribution in [1.82, 2.24) is 3.97 Å². The quantitative estimate of drug-likeness (QED) is 0.206. The number of hydrogen-bond donors (Lipinski definition) is 0. The topological polar surface area (TPSA) is 97.1 Å². The van der Waals surface area contributed by atoms with E-state index in [1.54, 1.807) is 43.6 Å². The van der Waals surface area contributed by atoms with Gasteiger partial charge in [-0.1, -0.05) is 47.1 Å². The Morgan fingerprint density at radius 1 is 1.03 bits per heavy atom. The smallest absolute Gasteiger partial charge is 0.268 e. The first-order valence-electron chi connectivity index (χ1n) is 10.6. The number of rotatable bonds is 5. The SMILES string of the molecule is COc1ccc2c([C@@H]3C[C@@H](N=[N+]=[N-])c4ccccc43)cn(S(=O)(=O)c3ccc(C)cc3)c2c1. The minimum absolute atomic E-state index is 0.0953. The van der Waals surface area contributed by atoms with Gasteiger partial charge in [0.25, 0.3) is 10.0 Å². The second-order valence-corrected chi connectivity index (χ2v) is 10.0. The highest BCUT2D eigenvalue weighted by Crippen LogP contribution is 2.48. The highest BCUT2D eigenvalue weighted by Gasteiger charge is 2.34. The molecule has 0 amide bonds. The predicted molar refractivity (Wildman–Crippen MR) is 127 cm³/mol. The van der Waals surface area contributed by atoms with Crippen LogP contribution in [0, 0.1) is 6.92 Å². The van der Waals surface area contributed by atoms with Crippen molar-refractivity contribution in [3.05, 3.63) is 106 Å². The van der Waals surface area contributed by atoms with Gasteiger partial charge < -0.3 is 4.74 Å². The van der Waals surface area contributed by atoms with Crippen LogP contribution in [0.4, 0.5) is 0 Å². The molecule has 5 rings (SSSR count). The summed E-state index contributed by atoms with van der Waals surface area (Å²) in [4.78, 5) is 3.25. The second kappa shape index (κ2) is 7.99. The molecule has 3 aromatic carbocycles. The molecule has 0 N–H and O–H groups in total. The lowest BCUT2D eigenvalue weighted by Gasteiger charge is -2.11. The minimum Gasteiger partial charge on any atom is -0.497 e. The van der Waals surface area contributed by atoms with Gasteiger partial charge in [0.2, 0.25) is 0 Å². The first kappa shape index (κ1) is 21.1. The average molecular weight is 459 g/mol. The zero-order valence-corrected chi connectivity index (χ0v) is 19.0. The van der Waals surface area contributed by atoms with Crippen LogP contribution in [-0.2, 0) is 10.0 Å². The van der Waals surface area contributed by atoms with Crippen molar-refractivity contribution in [2.24, 2.45) is 5.11 Å². The molecule has 0 fully saturated rings. The lowest BCUT2D eigenvalue weighted by atomic mass is 9.92. The van der Waals surface area contributed by atoms with Crippen LogP contribution in [0.25, 0.3) is 21.3 Å². The van der Waals surface area contributed by atoms with Gasteiger partial charge in [0.1, 0.15) is 5.75 Å². The first-order valence-corrected chi connectivity index (χ1v) is 12.0. The average Bonchev–Trinajstić information content (AvgIpc) is 3.38. The van der Waals surface area contributed by atoms with E-state index in [0.717, 1.165) is 27.6 Å². The Balaban J connectivity index is 1.74. The molecule has 1 aliphatic carbocycles. The van der Waals surface area contributed by atoms with Gasteiger partial charge in [-0.05, 0) is 59.8 Å². The minimum atomic E-state index is -3.84. The van der Waals surface area contributed by atoms with Gasteiger partial charge in [0, 0.05) is 28.5 Å². The number of azide groups is 1. The van der Waals surface area contributed by atoms with E-state index in [2.05, 4.69) is 10.0 Å². The number of nitrogens with zero attached hydrogens (tertiary/aromatic N) is 4. The van der Waals surface area contributed by atoms with Crippen LogP contribution in [-0.4, -0.2) is 19.5 Å². The molecule has 0 saturated heterocycles. The molecule has 166 valence electrons. The summed E-state index contributed by atoms with van der Waals surface area (Å²) in [7, 11) is -2.28. The van der Waals surface area contributed by atoms with Crippen LogP contribution < -0.4 is 4.74 Å².